The molecule has 4 rings (SSSR count). The van der Waals surface area contributed by atoms with Gasteiger partial charge in [-0.3, -0.25) is 14.6 Å². The van der Waals surface area contributed by atoms with Crippen molar-refractivity contribution in [2.75, 3.05) is 14.2 Å². The molecule has 0 spiro atoms. The number of carbonyl (C=O) groups is 1. The first-order valence-electron chi connectivity index (χ1n) is 9.98. The average molecular weight is 430 g/mol. The van der Waals surface area contributed by atoms with Gasteiger partial charge in [0.05, 0.1) is 38.4 Å². The van der Waals surface area contributed by atoms with Gasteiger partial charge in [-0.05, 0) is 29.8 Å². The van der Waals surface area contributed by atoms with Crippen LogP contribution in [-0.2, 0) is 13.1 Å². The number of nitrogens with zero attached hydrogens (tertiary/aromatic N) is 3. The van der Waals surface area contributed by atoms with Gasteiger partial charge in [0, 0.05) is 29.4 Å². The van der Waals surface area contributed by atoms with E-state index in [9.17, 15) is 9.59 Å². The normalized spacial score (nSPS) is 10.7. The third-order valence-corrected chi connectivity index (χ3v) is 5.03. The zero-order chi connectivity index (χ0) is 22.5. The van der Waals surface area contributed by atoms with Crippen LogP contribution in [0.4, 0.5) is 0 Å². The van der Waals surface area contributed by atoms with Crippen LogP contribution in [0, 0.1) is 0 Å². The molecular formula is C24H22N4O4. The SMILES string of the molecule is COc1cc(OC)cc(C(=O)NCc2nn(Cc3cccnc3)c(=O)c3ccccc23)c1. The van der Waals surface area contributed by atoms with E-state index in [2.05, 4.69) is 15.4 Å². The van der Waals surface area contributed by atoms with E-state index in [0.29, 0.717) is 33.5 Å². The first-order valence-corrected chi connectivity index (χ1v) is 9.98. The fourth-order valence-corrected chi connectivity index (χ4v) is 3.41. The first-order chi connectivity index (χ1) is 15.6. The molecule has 0 fully saturated rings. The van der Waals surface area contributed by atoms with Crippen molar-refractivity contribution in [2.24, 2.45) is 0 Å². The predicted octanol–water partition coefficient (Wildman–Crippen LogP) is 2.79. The van der Waals surface area contributed by atoms with Crippen LogP contribution in [0.25, 0.3) is 10.8 Å². The van der Waals surface area contributed by atoms with Crippen molar-refractivity contribution in [1.82, 2.24) is 20.1 Å². The van der Waals surface area contributed by atoms with Crippen LogP contribution in [0.5, 0.6) is 11.5 Å². The molecule has 2 aromatic heterocycles. The Bertz CT molecular complexity index is 1300. The molecular weight excluding hydrogens is 408 g/mol. The summed E-state index contributed by atoms with van der Waals surface area (Å²) in [6, 6.07) is 15.9. The molecule has 0 unspecified atom stereocenters. The summed E-state index contributed by atoms with van der Waals surface area (Å²) in [6.45, 7) is 0.428. The Labute approximate surface area is 184 Å². The molecule has 0 atom stereocenters. The summed E-state index contributed by atoms with van der Waals surface area (Å²) in [6.07, 6.45) is 3.37. The molecule has 0 bridgehead atoms. The van der Waals surface area contributed by atoms with E-state index in [1.165, 1.54) is 18.9 Å². The Balaban J connectivity index is 1.65. The third-order valence-electron chi connectivity index (χ3n) is 5.03. The molecule has 1 amide bonds. The monoisotopic (exact) mass is 430 g/mol. The molecule has 2 heterocycles. The van der Waals surface area contributed by atoms with Crippen molar-refractivity contribution < 1.29 is 14.3 Å². The van der Waals surface area contributed by atoms with E-state index in [-0.39, 0.29) is 24.6 Å². The number of aromatic nitrogens is 3. The van der Waals surface area contributed by atoms with E-state index >= 15 is 0 Å². The lowest BCUT2D eigenvalue weighted by atomic mass is 10.1. The summed E-state index contributed by atoms with van der Waals surface area (Å²) in [4.78, 5) is 29.9. The van der Waals surface area contributed by atoms with Gasteiger partial charge in [-0.25, -0.2) is 4.68 Å². The van der Waals surface area contributed by atoms with Crippen LogP contribution in [0.3, 0.4) is 0 Å². The third kappa shape index (κ3) is 4.44. The Morgan fingerprint density at radius 3 is 2.38 bits per heavy atom. The van der Waals surface area contributed by atoms with Gasteiger partial charge in [0.25, 0.3) is 11.5 Å². The summed E-state index contributed by atoms with van der Waals surface area (Å²) in [5.41, 5.74) is 1.65. The molecule has 0 aliphatic rings. The highest BCUT2D eigenvalue weighted by atomic mass is 16.5. The van der Waals surface area contributed by atoms with Gasteiger partial charge in [0.2, 0.25) is 0 Å². The predicted molar refractivity (Wildman–Crippen MR) is 120 cm³/mol. The van der Waals surface area contributed by atoms with E-state index in [0.717, 1.165) is 5.56 Å². The lowest BCUT2D eigenvalue weighted by Crippen LogP contribution is -2.29. The standard InChI is InChI=1S/C24H22N4O4/c1-31-18-10-17(11-19(12-18)32-2)23(29)26-14-22-20-7-3-4-8-21(20)24(30)28(27-22)15-16-6-5-9-25-13-16/h3-13H,14-15H2,1-2H3,(H,26,29). The highest BCUT2D eigenvalue weighted by molar-refractivity contribution is 5.95. The number of benzene rings is 2. The van der Waals surface area contributed by atoms with Crippen molar-refractivity contribution in [3.05, 3.63) is 94.2 Å². The number of nitrogens with one attached hydrogen (secondary N) is 1. The van der Waals surface area contributed by atoms with Crippen molar-refractivity contribution in [1.29, 1.82) is 0 Å². The molecule has 162 valence electrons. The van der Waals surface area contributed by atoms with Crippen molar-refractivity contribution in [3.63, 3.8) is 0 Å². The summed E-state index contributed by atoms with van der Waals surface area (Å²) >= 11 is 0. The minimum Gasteiger partial charge on any atom is -0.497 e. The van der Waals surface area contributed by atoms with Crippen LogP contribution in [0.1, 0.15) is 21.6 Å². The molecule has 2 aromatic carbocycles. The van der Waals surface area contributed by atoms with Gasteiger partial charge in [0.15, 0.2) is 0 Å². The zero-order valence-corrected chi connectivity index (χ0v) is 17.7. The van der Waals surface area contributed by atoms with Crippen molar-refractivity contribution >= 4 is 16.7 Å². The molecule has 8 heteroatoms. The van der Waals surface area contributed by atoms with Crippen molar-refractivity contribution in [2.45, 2.75) is 13.1 Å². The second-order valence-electron chi connectivity index (χ2n) is 7.10. The molecule has 4 aromatic rings. The Morgan fingerprint density at radius 2 is 1.72 bits per heavy atom. The van der Waals surface area contributed by atoms with E-state index in [1.54, 1.807) is 36.7 Å². The summed E-state index contributed by atoms with van der Waals surface area (Å²) < 4.78 is 11.9. The second kappa shape index (κ2) is 9.30. The highest BCUT2D eigenvalue weighted by Crippen LogP contribution is 2.22. The van der Waals surface area contributed by atoms with E-state index < -0.39 is 0 Å². The van der Waals surface area contributed by atoms with Crippen LogP contribution in [0.2, 0.25) is 0 Å². The maximum absolute atomic E-state index is 13.0. The fraction of sp³-hybridized carbons (Fsp3) is 0.167. The quantitative estimate of drug-likeness (QED) is 0.484. The summed E-state index contributed by atoms with van der Waals surface area (Å²) in [7, 11) is 3.05. The van der Waals surface area contributed by atoms with E-state index in [1.807, 2.05) is 30.3 Å². The number of hydrogen-bond acceptors (Lipinski definition) is 6. The van der Waals surface area contributed by atoms with Crippen LogP contribution in [-0.4, -0.2) is 34.9 Å². The molecule has 0 aliphatic heterocycles. The molecule has 0 radical (unpaired) electrons. The van der Waals surface area contributed by atoms with Gasteiger partial charge in [-0.1, -0.05) is 24.3 Å². The fourth-order valence-electron chi connectivity index (χ4n) is 3.41. The Hall–Kier alpha value is -4.20. The number of ether oxygens (including phenoxy) is 2. The average Bonchev–Trinajstić information content (AvgIpc) is 2.85. The summed E-state index contributed by atoms with van der Waals surface area (Å²) in [5, 5.41) is 8.66. The van der Waals surface area contributed by atoms with Crippen molar-refractivity contribution in [3.8, 4) is 11.5 Å². The Morgan fingerprint density at radius 1 is 1.00 bits per heavy atom. The van der Waals surface area contributed by atoms with Crippen LogP contribution >= 0.6 is 0 Å². The molecule has 1 N–H and O–H groups in total. The van der Waals surface area contributed by atoms with Gasteiger partial charge in [0.1, 0.15) is 11.5 Å². The topological polar surface area (TPSA) is 95.3 Å². The number of pyridine rings is 1. The maximum atomic E-state index is 13.0. The van der Waals surface area contributed by atoms with Gasteiger partial charge in [-0.2, -0.15) is 5.10 Å². The second-order valence-corrected chi connectivity index (χ2v) is 7.10. The molecule has 0 saturated heterocycles. The minimum atomic E-state index is -0.307. The highest BCUT2D eigenvalue weighted by Gasteiger charge is 2.14. The minimum absolute atomic E-state index is 0.145. The lowest BCUT2D eigenvalue weighted by Gasteiger charge is -2.13. The smallest absolute Gasteiger partial charge is 0.274 e. The largest absolute Gasteiger partial charge is 0.497 e. The number of amides is 1. The number of fused-ring (bicyclic) bond motifs is 1. The maximum Gasteiger partial charge on any atom is 0.274 e. The van der Waals surface area contributed by atoms with Crippen LogP contribution < -0.4 is 20.3 Å². The number of rotatable bonds is 7. The first kappa shape index (κ1) is 21.0. The zero-order valence-electron chi connectivity index (χ0n) is 17.7. The molecule has 0 saturated carbocycles. The molecule has 8 nitrogen and oxygen atoms in total. The van der Waals surface area contributed by atoms with Crippen LogP contribution in [0.15, 0.2) is 71.8 Å². The van der Waals surface area contributed by atoms with Gasteiger partial charge >= 0.3 is 0 Å². The Kier molecular flexibility index (Phi) is 6.12. The molecule has 0 aliphatic carbocycles. The summed E-state index contributed by atoms with van der Waals surface area (Å²) in [5.74, 6) is 0.726. The lowest BCUT2D eigenvalue weighted by molar-refractivity contribution is 0.0949. The van der Waals surface area contributed by atoms with Gasteiger partial charge in [-0.15, -0.1) is 0 Å². The molecule has 32 heavy (non-hydrogen) atoms. The number of hydrogen-bond donors (Lipinski definition) is 1. The number of methoxy groups -OCH3 is 2. The van der Waals surface area contributed by atoms with E-state index in [4.69, 9.17) is 9.47 Å². The van der Waals surface area contributed by atoms with Gasteiger partial charge < -0.3 is 14.8 Å². The number of carbonyl (C=O) groups excluding carboxylic acids is 1.